The van der Waals surface area contributed by atoms with Gasteiger partial charge in [0.25, 0.3) is 5.91 Å². The van der Waals surface area contributed by atoms with E-state index in [0.717, 1.165) is 22.5 Å². The SMILES string of the molecule is CN(CCc1nc2ccc(Cl)cc2[nH]1)C(=O)c1ccc(-n2cnnc2)cc1. The van der Waals surface area contributed by atoms with Crippen molar-refractivity contribution in [3.8, 4) is 5.69 Å². The number of H-pyrrole nitrogens is 1. The van der Waals surface area contributed by atoms with Crippen molar-refractivity contribution in [1.82, 2.24) is 29.6 Å². The fraction of sp³-hybridized carbons (Fsp3) is 0.158. The number of aromatic amines is 1. The number of carbonyl (C=O) groups excluding carboxylic acids is 1. The van der Waals surface area contributed by atoms with Gasteiger partial charge in [0.2, 0.25) is 0 Å². The molecule has 0 spiro atoms. The summed E-state index contributed by atoms with van der Waals surface area (Å²) in [4.78, 5) is 22.1. The Labute approximate surface area is 160 Å². The van der Waals surface area contributed by atoms with Gasteiger partial charge in [-0.15, -0.1) is 10.2 Å². The lowest BCUT2D eigenvalue weighted by molar-refractivity contribution is 0.0796. The van der Waals surface area contributed by atoms with Gasteiger partial charge in [-0.1, -0.05) is 11.6 Å². The molecule has 27 heavy (non-hydrogen) atoms. The first kappa shape index (κ1) is 17.2. The van der Waals surface area contributed by atoms with Crippen LogP contribution in [0.15, 0.2) is 55.1 Å². The van der Waals surface area contributed by atoms with Gasteiger partial charge in [-0.2, -0.15) is 0 Å². The second-order valence-corrected chi connectivity index (χ2v) is 6.67. The van der Waals surface area contributed by atoms with Crippen molar-refractivity contribution in [2.24, 2.45) is 0 Å². The van der Waals surface area contributed by atoms with Gasteiger partial charge >= 0.3 is 0 Å². The molecular formula is C19H17ClN6O. The average molecular weight is 381 g/mol. The van der Waals surface area contributed by atoms with Crippen molar-refractivity contribution in [1.29, 1.82) is 0 Å². The molecule has 7 nitrogen and oxygen atoms in total. The number of rotatable bonds is 5. The number of aromatic nitrogens is 5. The standard InChI is InChI=1S/C19H17ClN6O/c1-25(9-8-18-23-16-7-4-14(20)10-17(16)24-18)19(27)13-2-5-15(6-3-13)26-11-21-22-12-26/h2-7,10-12H,8-9H2,1H3,(H,23,24). The Morgan fingerprint density at radius 2 is 1.89 bits per heavy atom. The second-order valence-electron chi connectivity index (χ2n) is 6.24. The molecule has 0 atom stereocenters. The van der Waals surface area contributed by atoms with E-state index in [1.807, 2.05) is 30.3 Å². The Morgan fingerprint density at radius 1 is 1.15 bits per heavy atom. The van der Waals surface area contributed by atoms with Gasteiger partial charge in [0.15, 0.2) is 0 Å². The second kappa shape index (κ2) is 7.20. The average Bonchev–Trinajstić information content (AvgIpc) is 3.35. The van der Waals surface area contributed by atoms with Gasteiger partial charge in [-0.3, -0.25) is 9.36 Å². The molecule has 0 fully saturated rings. The number of hydrogen-bond acceptors (Lipinski definition) is 4. The van der Waals surface area contributed by atoms with Crippen LogP contribution in [0.2, 0.25) is 5.02 Å². The third kappa shape index (κ3) is 3.68. The van der Waals surface area contributed by atoms with Crippen LogP contribution in [0.25, 0.3) is 16.7 Å². The molecular weight excluding hydrogens is 364 g/mol. The summed E-state index contributed by atoms with van der Waals surface area (Å²) in [5, 5.41) is 8.23. The number of hydrogen-bond donors (Lipinski definition) is 1. The van der Waals surface area contributed by atoms with Gasteiger partial charge in [-0.05, 0) is 42.5 Å². The highest BCUT2D eigenvalue weighted by Gasteiger charge is 2.13. The molecule has 4 rings (SSSR count). The van der Waals surface area contributed by atoms with E-state index in [-0.39, 0.29) is 5.91 Å². The van der Waals surface area contributed by atoms with Crippen molar-refractivity contribution in [2.75, 3.05) is 13.6 Å². The zero-order chi connectivity index (χ0) is 18.8. The number of nitrogens with zero attached hydrogens (tertiary/aromatic N) is 5. The number of likely N-dealkylation sites (N-methyl/N-ethyl adjacent to an activating group) is 1. The summed E-state index contributed by atoms with van der Waals surface area (Å²) >= 11 is 6.00. The first-order chi connectivity index (χ1) is 13.1. The van der Waals surface area contributed by atoms with Crippen molar-refractivity contribution in [3.63, 3.8) is 0 Å². The monoisotopic (exact) mass is 380 g/mol. The number of benzene rings is 2. The minimum absolute atomic E-state index is 0.0375. The smallest absolute Gasteiger partial charge is 0.253 e. The molecule has 2 aromatic heterocycles. The van der Waals surface area contributed by atoms with E-state index in [4.69, 9.17) is 11.6 Å². The van der Waals surface area contributed by atoms with Gasteiger partial charge in [0, 0.05) is 36.3 Å². The van der Waals surface area contributed by atoms with Crippen molar-refractivity contribution in [2.45, 2.75) is 6.42 Å². The van der Waals surface area contributed by atoms with Gasteiger partial charge < -0.3 is 9.88 Å². The van der Waals surface area contributed by atoms with Gasteiger partial charge in [0.1, 0.15) is 18.5 Å². The zero-order valence-corrected chi connectivity index (χ0v) is 15.4. The molecule has 0 radical (unpaired) electrons. The molecule has 2 aromatic carbocycles. The van der Waals surface area contributed by atoms with Crippen molar-refractivity contribution < 1.29 is 4.79 Å². The number of imidazole rings is 1. The minimum Gasteiger partial charge on any atom is -0.342 e. The van der Waals surface area contributed by atoms with E-state index in [2.05, 4.69) is 20.2 Å². The van der Waals surface area contributed by atoms with Crippen molar-refractivity contribution in [3.05, 3.63) is 71.5 Å². The van der Waals surface area contributed by atoms with Crippen LogP contribution in [0, 0.1) is 0 Å². The Kier molecular flexibility index (Phi) is 4.60. The Hall–Kier alpha value is -3.19. The lowest BCUT2D eigenvalue weighted by Gasteiger charge is -2.16. The highest BCUT2D eigenvalue weighted by molar-refractivity contribution is 6.31. The fourth-order valence-electron chi connectivity index (χ4n) is 2.86. The molecule has 0 saturated heterocycles. The maximum absolute atomic E-state index is 12.6. The molecule has 0 saturated carbocycles. The molecule has 2 heterocycles. The molecule has 1 N–H and O–H groups in total. The Morgan fingerprint density at radius 3 is 2.63 bits per heavy atom. The first-order valence-corrected chi connectivity index (χ1v) is 8.82. The van der Waals surface area contributed by atoms with Gasteiger partial charge in [-0.25, -0.2) is 4.98 Å². The van der Waals surface area contributed by atoms with Crippen LogP contribution >= 0.6 is 11.6 Å². The van der Waals surface area contributed by atoms with E-state index in [0.29, 0.717) is 23.6 Å². The minimum atomic E-state index is -0.0375. The highest BCUT2D eigenvalue weighted by atomic mass is 35.5. The van der Waals surface area contributed by atoms with E-state index in [9.17, 15) is 4.79 Å². The molecule has 8 heteroatoms. The number of fused-ring (bicyclic) bond motifs is 1. The molecule has 0 aliphatic heterocycles. The van der Waals surface area contributed by atoms with Crippen LogP contribution in [-0.2, 0) is 6.42 Å². The van der Waals surface area contributed by atoms with Gasteiger partial charge in [0.05, 0.1) is 11.0 Å². The van der Waals surface area contributed by atoms with Crippen LogP contribution in [-0.4, -0.2) is 49.1 Å². The summed E-state index contributed by atoms with van der Waals surface area (Å²) in [5.74, 6) is 0.791. The normalized spacial score (nSPS) is 11.0. The lowest BCUT2D eigenvalue weighted by Crippen LogP contribution is -2.29. The van der Waals surface area contributed by atoms with Crippen LogP contribution in [0.4, 0.5) is 0 Å². The van der Waals surface area contributed by atoms with Crippen LogP contribution < -0.4 is 0 Å². The van der Waals surface area contributed by atoms with E-state index < -0.39 is 0 Å². The van der Waals surface area contributed by atoms with E-state index in [1.165, 1.54) is 0 Å². The maximum atomic E-state index is 12.6. The predicted octanol–water partition coefficient (Wildman–Crippen LogP) is 3.11. The summed E-state index contributed by atoms with van der Waals surface area (Å²) in [6, 6.07) is 12.9. The van der Waals surface area contributed by atoms with Crippen LogP contribution in [0.3, 0.4) is 0 Å². The molecule has 0 aliphatic rings. The number of halogens is 1. The quantitative estimate of drug-likeness (QED) is 0.577. The molecule has 0 unspecified atom stereocenters. The Bertz CT molecular complexity index is 1070. The summed E-state index contributed by atoms with van der Waals surface area (Å²) in [6.07, 6.45) is 3.86. The molecule has 4 aromatic rings. The zero-order valence-electron chi connectivity index (χ0n) is 14.6. The topological polar surface area (TPSA) is 79.7 Å². The summed E-state index contributed by atoms with van der Waals surface area (Å²) in [7, 11) is 1.79. The fourth-order valence-corrected chi connectivity index (χ4v) is 3.03. The molecule has 1 amide bonds. The molecule has 0 aliphatic carbocycles. The predicted molar refractivity (Wildman–Crippen MR) is 103 cm³/mol. The van der Waals surface area contributed by atoms with E-state index >= 15 is 0 Å². The number of nitrogens with one attached hydrogen (secondary N) is 1. The highest BCUT2D eigenvalue weighted by Crippen LogP contribution is 2.17. The Balaban J connectivity index is 1.41. The molecule has 136 valence electrons. The van der Waals surface area contributed by atoms with Crippen molar-refractivity contribution >= 4 is 28.5 Å². The van der Waals surface area contributed by atoms with E-state index in [1.54, 1.807) is 41.3 Å². The number of amides is 1. The van der Waals surface area contributed by atoms with Crippen LogP contribution in [0.1, 0.15) is 16.2 Å². The molecule has 0 bridgehead atoms. The largest absolute Gasteiger partial charge is 0.342 e. The summed E-state index contributed by atoms with van der Waals surface area (Å²) in [5.41, 5.74) is 3.30. The maximum Gasteiger partial charge on any atom is 0.253 e. The lowest BCUT2D eigenvalue weighted by atomic mass is 10.2. The summed E-state index contributed by atoms with van der Waals surface area (Å²) in [6.45, 7) is 0.555. The third-order valence-electron chi connectivity index (χ3n) is 4.35. The first-order valence-electron chi connectivity index (χ1n) is 8.45. The summed E-state index contributed by atoms with van der Waals surface area (Å²) < 4.78 is 1.78. The van der Waals surface area contributed by atoms with Crippen LogP contribution in [0.5, 0.6) is 0 Å². The third-order valence-corrected chi connectivity index (χ3v) is 4.59. The number of carbonyl (C=O) groups is 1.